The van der Waals surface area contributed by atoms with E-state index in [1.54, 1.807) is 24.3 Å². The van der Waals surface area contributed by atoms with E-state index in [-0.39, 0.29) is 5.78 Å². The number of nitrogens with zero attached hydrogens (tertiary/aromatic N) is 1. The molecule has 0 amide bonds. The standard InChI is InChI=1S/C12H8NO/c14-12(10-6-2-1-3-7-10)11-8-4-5-9-13-11/h1-4,6-9H. The molecule has 0 saturated heterocycles. The highest BCUT2D eigenvalue weighted by molar-refractivity contribution is 6.07. The Labute approximate surface area is 82.2 Å². The van der Waals surface area contributed by atoms with Crippen molar-refractivity contribution in [2.24, 2.45) is 0 Å². The number of hydrogen-bond donors (Lipinski definition) is 0. The summed E-state index contributed by atoms with van der Waals surface area (Å²) in [5, 5.41) is 0. The lowest BCUT2D eigenvalue weighted by Gasteiger charge is -1.98. The van der Waals surface area contributed by atoms with E-state index in [0.29, 0.717) is 11.3 Å². The molecule has 0 atom stereocenters. The molecule has 67 valence electrons. The second kappa shape index (κ2) is 3.83. The van der Waals surface area contributed by atoms with E-state index in [0.717, 1.165) is 0 Å². The molecule has 2 aromatic rings. The fraction of sp³-hybridized carbons (Fsp3) is 0. The van der Waals surface area contributed by atoms with Gasteiger partial charge < -0.3 is 0 Å². The highest BCUT2D eigenvalue weighted by atomic mass is 16.1. The van der Waals surface area contributed by atoms with Gasteiger partial charge >= 0.3 is 0 Å². The predicted molar refractivity (Wildman–Crippen MR) is 52.9 cm³/mol. The van der Waals surface area contributed by atoms with Gasteiger partial charge in [0.05, 0.1) is 0 Å². The van der Waals surface area contributed by atoms with Crippen molar-refractivity contribution in [3.05, 3.63) is 66.0 Å². The molecule has 2 rings (SSSR count). The van der Waals surface area contributed by atoms with Gasteiger partial charge in [-0.25, -0.2) is 0 Å². The van der Waals surface area contributed by atoms with E-state index < -0.39 is 0 Å². The SMILES string of the molecule is O=C(c1ccccc1)c1cc[c]cn1. The second-order valence-corrected chi connectivity index (χ2v) is 2.84. The Bertz CT molecular complexity index is 381. The third-order valence-corrected chi connectivity index (χ3v) is 1.88. The van der Waals surface area contributed by atoms with Crippen LogP contribution in [0.15, 0.2) is 48.7 Å². The Morgan fingerprint density at radius 1 is 1.14 bits per heavy atom. The topological polar surface area (TPSA) is 30.0 Å². The molecule has 0 saturated carbocycles. The molecule has 1 aromatic heterocycles. The summed E-state index contributed by atoms with van der Waals surface area (Å²) < 4.78 is 0. The van der Waals surface area contributed by atoms with Gasteiger partial charge in [0.25, 0.3) is 0 Å². The molecule has 1 heterocycles. The van der Waals surface area contributed by atoms with Gasteiger partial charge in [0.2, 0.25) is 5.78 Å². The molecule has 2 nitrogen and oxygen atoms in total. The minimum absolute atomic E-state index is 0.0559. The summed E-state index contributed by atoms with van der Waals surface area (Å²) in [5.41, 5.74) is 1.11. The zero-order chi connectivity index (χ0) is 9.80. The number of aromatic nitrogens is 1. The number of carbonyl (C=O) groups excluding carboxylic acids is 1. The predicted octanol–water partition coefficient (Wildman–Crippen LogP) is 2.11. The number of hydrogen-bond acceptors (Lipinski definition) is 2. The van der Waals surface area contributed by atoms with Crippen molar-refractivity contribution < 1.29 is 4.79 Å². The van der Waals surface area contributed by atoms with Gasteiger partial charge in [-0.05, 0) is 6.07 Å². The minimum Gasteiger partial charge on any atom is -0.287 e. The van der Waals surface area contributed by atoms with E-state index in [4.69, 9.17) is 0 Å². The maximum absolute atomic E-state index is 11.8. The molecule has 0 unspecified atom stereocenters. The minimum atomic E-state index is -0.0559. The average molecular weight is 182 g/mol. The zero-order valence-electron chi connectivity index (χ0n) is 7.47. The molecule has 0 aliphatic carbocycles. The summed E-state index contributed by atoms with van der Waals surface area (Å²) in [6, 6.07) is 15.2. The lowest BCUT2D eigenvalue weighted by molar-refractivity contribution is 0.103. The smallest absolute Gasteiger partial charge is 0.211 e. The summed E-state index contributed by atoms with van der Waals surface area (Å²) in [4.78, 5) is 15.7. The monoisotopic (exact) mass is 182 g/mol. The molecule has 0 spiro atoms. The van der Waals surface area contributed by atoms with Crippen LogP contribution in [-0.2, 0) is 0 Å². The molecular formula is C12H8NO. The van der Waals surface area contributed by atoms with Crippen molar-refractivity contribution in [2.45, 2.75) is 0 Å². The molecule has 1 radical (unpaired) electrons. The van der Waals surface area contributed by atoms with Crippen LogP contribution in [0.2, 0.25) is 0 Å². The lowest BCUT2D eigenvalue weighted by atomic mass is 10.1. The summed E-state index contributed by atoms with van der Waals surface area (Å²) in [5.74, 6) is -0.0559. The van der Waals surface area contributed by atoms with Crippen LogP contribution in [0.1, 0.15) is 16.1 Å². The van der Waals surface area contributed by atoms with Crippen molar-refractivity contribution >= 4 is 5.78 Å². The molecule has 0 aliphatic heterocycles. The first-order valence-electron chi connectivity index (χ1n) is 4.30. The van der Waals surface area contributed by atoms with Crippen molar-refractivity contribution in [3.8, 4) is 0 Å². The summed E-state index contributed by atoms with van der Waals surface area (Å²) in [6.45, 7) is 0. The Balaban J connectivity index is 2.35. The van der Waals surface area contributed by atoms with Gasteiger partial charge in [-0.2, -0.15) is 0 Å². The Hall–Kier alpha value is -1.96. The van der Waals surface area contributed by atoms with Crippen LogP contribution in [0, 0.1) is 6.07 Å². The van der Waals surface area contributed by atoms with Gasteiger partial charge in [-0.1, -0.05) is 36.4 Å². The summed E-state index contributed by atoms with van der Waals surface area (Å²) in [7, 11) is 0. The van der Waals surface area contributed by atoms with Crippen LogP contribution in [0.4, 0.5) is 0 Å². The van der Waals surface area contributed by atoms with Crippen LogP contribution in [-0.4, -0.2) is 10.8 Å². The molecule has 1 aromatic carbocycles. The van der Waals surface area contributed by atoms with Crippen LogP contribution >= 0.6 is 0 Å². The quantitative estimate of drug-likeness (QED) is 0.666. The number of benzene rings is 1. The number of ketones is 1. The number of carbonyl (C=O) groups is 1. The van der Waals surface area contributed by atoms with Gasteiger partial charge in [0.1, 0.15) is 5.69 Å². The highest BCUT2D eigenvalue weighted by Gasteiger charge is 2.07. The maximum Gasteiger partial charge on any atom is 0.211 e. The van der Waals surface area contributed by atoms with Crippen molar-refractivity contribution in [1.29, 1.82) is 0 Å². The number of rotatable bonds is 2. The fourth-order valence-electron chi connectivity index (χ4n) is 1.19. The van der Waals surface area contributed by atoms with Crippen molar-refractivity contribution in [1.82, 2.24) is 4.98 Å². The normalized spacial score (nSPS) is 9.71. The zero-order valence-corrected chi connectivity index (χ0v) is 7.47. The maximum atomic E-state index is 11.8. The van der Waals surface area contributed by atoms with Crippen LogP contribution < -0.4 is 0 Å². The van der Waals surface area contributed by atoms with Crippen LogP contribution in [0.3, 0.4) is 0 Å². The van der Waals surface area contributed by atoms with Gasteiger partial charge in [0, 0.05) is 17.8 Å². The van der Waals surface area contributed by atoms with E-state index in [1.807, 2.05) is 18.2 Å². The molecule has 0 bridgehead atoms. The first-order chi connectivity index (χ1) is 6.88. The third kappa shape index (κ3) is 1.69. The molecule has 0 N–H and O–H groups in total. The van der Waals surface area contributed by atoms with Crippen molar-refractivity contribution in [2.75, 3.05) is 0 Å². The average Bonchev–Trinajstić information content (AvgIpc) is 2.30. The third-order valence-electron chi connectivity index (χ3n) is 1.88. The first-order valence-corrected chi connectivity index (χ1v) is 4.30. The van der Waals surface area contributed by atoms with E-state index in [1.165, 1.54) is 6.20 Å². The largest absolute Gasteiger partial charge is 0.287 e. The lowest BCUT2D eigenvalue weighted by Crippen LogP contribution is -2.02. The Morgan fingerprint density at radius 3 is 2.57 bits per heavy atom. The molecule has 14 heavy (non-hydrogen) atoms. The van der Waals surface area contributed by atoms with Gasteiger partial charge in [-0.3, -0.25) is 9.78 Å². The molecule has 0 fully saturated rings. The molecule has 0 aliphatic rings. The molecule has 2 heteroatoms. The Kier molecular flexibility index (Phi) is 2.36. The van der Waals surface area contributed by atoms with Gasteiger partial charge in [0.15, 0.2) is 0 Å². The summed E-state index contributed by atoms with van der Waals surface area (Å²) in [6.07, 6.45) is 1.50. The van der Waals surface area contributed by atoms with E-state index >= 15 is 0 Å². The highest BCUT2D eigenvalue weighted by Crippen LogP contribution is 2.05. The van der Waals surface area contributed by atoms with Crippen LogP contribution in [0.25, 0.3) is 0 Å². The van der Waals surface area contributed by atoms with Crippen molar-refractivity contribution in [3.63, 3.8) is 0 Å². The first kappa shape index (κ1) is 8.63. The van der Waals surface area contributed by atoms with Crippen LogP contribution in [0.5, 0.6) is 0 Å². The Morgan fingerprint density at radius 2 is 1.93 bits per heavy atom. The molecular weight excluding hydrogens is 174 g/mol. The fourth-order valence-corrected chi connectivity index (χ4v) is 1.19. The van der Waals surface area contributed by atoms with E-state index in [9.17, 15) is 4.79 Å². The number of pyridine rings is 1. The van der Waals surface area contributed by atoms with E-state index in [2.05, 4.69) is 11.1 Å². The summed E-state index contributed by atoms with van der Waals surface area (Å²) >= 11 is 0. The second-order valence-electron chi connectivity index (χ2n) is 2.84. The van der Waals surface area contributed by atoms with Gasteiger partial charge in [-0.15, -0.1) is 0 Å².